The zero-order chi connectivity index (χ0) is 40.8. The fourth-order valence-electron chi connectivity index (χ4n) is 7.06. The Morgan fingerprint density at radius 2 is 0.789 bits per heavy atom. The summed E-state index contributed by atoms with van der Waals surface area (Å²) in [5.74, 6) is 0.211. The summed E-state index contributed by atoms with van der Waals surface area (Å²) >= 11 is 0. The first-order chi connectivity index (χ1) is 27.9. The summed E-state index contributed by atoms with van der Waals surface area (Å²) < 4.78 is 27.3. The van der Waals surface area contributed by atoms with Crippen molar-refractivity contribution >= 4 is 23.9 Å². The molecule has 9 heteroatoms. The Hall–Kier alpha value is -4.40. The highest BCUT2D eigenvalue weighted by Crippen LogP contribution is 2.32. The van der Waals surface area contributed by atoms with Gasteiger partial charge in [-0.25, -0.2) is 9.59 Å². The zero-order valence-corrected chi connectivity index (χ0v) is 34.4. The van der Waals surface area contributed by atoms with Crippen LogP contribution in [0.5, 0.6) is 17.2 Å². The molecule has 1 fully saturated rings. The van der Waals surface area contributed by atoms with Crippen LogP contribution < -0.4 is 14.2 Å². The minimum absolute atomic E-state index is 0.217. The standard InChI is InChI=1S/C48H68O9/c1-3-45(49)54-37-21-17-13-8-5-7-11-15-19-23-39-24-30-43(31-25-39)56-47(51)40-26-28-41(29-27-40)48(52)57-44-34-32-42(33-35-44)53-36-20-16-12-9-6-10-14-18-22-38-55-46(50)4-2/h3-4,24-25,30-35,40-41H,1-2,5-23,26-29,36-38H2. The molecule has 2 aromatic carbocycles. The van der Waals surface area contributed by atoms with Crippen LogP contribution in [0.4, 0.5) is 0 Å². The van der Waals surface area contributed by atoms with Gasteiger partial charge in [-0.3, -0.25) is 9.59 Å². The Morgan fingerprint density at radius 1 is 0.456 bits per heavy atom. The van der Waals surface area contributed by atoms with Crippen LogP contribution in [-0.2, 0) is 35.1 Å². The molecule has 0 atom stereocenters. The molecule has 3 rings (SSSR count). The average Bonchev–Trinajstić information content (AvgIpc) is 3.23. The van der Waals surface area contributed by atoms with Gasteiger partial charge in [0, 0.05) is 12.2 Å². The van der Waals surface area contributed by atoms with E-state index in [1.807, 2.05) is 36.4 Å². The minimum atomic E-state index is -0.347. The first-order valence-corrected chi connectivity index (χ1v) is 21.7. The van der Waals surface area contributed by atoms with Crippen molar-refractivity contribution in [3.63, 3.8) is 0 Å². The van der Waals surface area contributed by atoms with Gasteiger partial charge in [0.2, 0.25) is 0 Å². The second kappa shape index (κ2) is 29.8. The van der Waals surface area contributed by atoms with Gasteiger partial charge >= 0.3 is 23.9 Å². The molecule has 0 unspecified atom stereocenters. The zero-order valence-electron chi connectivity index (χ0n) is 34.4. The number of carbonyl (C=O) groups is 4. The number of carbonyl (C=O) groups excluding carboxylic acids is 4. The SMILES string of the molecule is C=CC(=O)OCCCCCCCCCCCOc1ccc(OC(=O)C2CCC(C(=O)Oc3ccc(CCCCCCCCCCCOC(=O)C=C)cc3)CC2)cc1. The summed E-state index contributed by atoms with van der Waals surface area (Å²) in [6, 6.07) is 15.1. The molecule has 1 aliphatic rings. The van der Waals surface area contributed by atoms with Crippen molar-refractivity contribution in [2.75, 3.05) is 19.8 Å². The predicted octanol–water partition coefficient (Wildman–Crippen LogP) is 11.4. The fraction of sp³-hybridized carbons (Fsp3) is 0.583. The van der Waals surface area contributed by atoms with E-state index in [1.54, 1.807) is 12.1 Å². The van der Waals surface area contributed by atoms with E-state index in [9.17, 15) is 19.2 Å². The second-order valence-corrected chi connectivity index (χ2v) is 15.2. The molecule has 0 aliphatic heterocycles. The van der Waals surface area contributed by atoms with Crippen LogP contribution in [0.2, 0.25) is 0 Å². The summed E-state index contributed by atoms with van der Waals surface area (Å²) in [6.45, 7) is 8.41. The molecule has 0 bridgehead atoms. The number of hydrogen-bond acceptors (Lipinski definition) is 9. The topological polar surface area (TPSA) is 114 Å². The molecule has 9 nitrogen and oxygen atoms in total. The number of unbranched alkanes of at least 4 members (excludes halogenated alkanes) is 16. The fourth-order valence-corrected chi connectivity index (χ4v) is 7.06. The van der Waals surface area contributed by atoms with E-state index in [-0.39, 0.29) is 35.7 Å². The summed E-state index contributed by atoms with van der Waals surface area (Å²) in [5.41, 5.74) is 1.25. The quantitative estimate of drug-likeness (QED) is 0.0319. The first-order valence-electron chi connectivity index (χ1n) is 21.7. The van der Waals surface area contributed by atoms with Gasteiger partial charge in [0.25, 0.3) is 0 Å². The van der Waals surface area contributed by atoms with Crippen LogP contribution >= 0.6 is 0 Å². The van der Waals surface area contributed by atoms with E-state index >= 15 is 0 Å². The molecule has 57 heavy (non-hydrogen) atoms. The molecule has 2 aromatic rings. The maximum Gasteiger partial charge on any atom is 0.330 e. The number of esters is 4. The predicted molar refractivity (Wildman–Crippen MR) is 224 cm³/mol. The van der Waals surface area contributed by atoms with Gasteiger partial charge in [-0.1, -0.05) is 115 Å². The maximum absolute atomic E-state index is 12.9. The van der Waals surface area contributed by atoms with Crippen LogP contribution in [-0.4, -0.2) is 43.7 Å². The van der Waals surface area contributed by atoms with Gasteiger partial charge in [-0.15, -0.1) is 0 Å². The molecule has 0 spiro atoms. The molecule has 0 heterocycles. The molecule has 1 aliphatic carbocycles. The van der Waals surface area contributed by atoms with Crippen molar-refractivity contribution in [1.82, 2.24) is 0 Å². The van der Waals surface area contributed by atoms with Gasteiger partial charge in [0.05, 0.1) is 31.7 Å². The lowest BCUT2D eigenvalue weighted by Gasteiger charge is -2.25. The van der Waals surface area contributed by atoms with Crippen molar-refractivity contribution in [2.24, 2.45) is 11.8 Å². The van der Waals surface area contributed by atoms with Crippen LogP contribution in [0.1, 0.15) is 147 Å². The highest BCUT2D eigenvalue weighted by molar-refractivity contribution is 5.81. The molecule has 0 N–H and O–H groups in total. The number of hydrogen-bond donors (Lipinski definition) is 0. The Morgan fingerprint density at radius 3 is 1.19 bits per heavy atom. The van der Waals surface area contributed by atoms with Gasteiger partial charge < -0.3 is 23.7 Å². The Balaban J connectivity index is 1.17. The van der Waals surface area contributed by atoms with Crippen molar-refractivity contribution in [3.8, 4) is 17.2 Å². The average molecular weight is 789 g/mol. The van der Waals surface area contributed by atoms with Crippen LogP contribution in [0.25, 0.3) is 0 Å². The number of rotatable bonds is 31. The highest BCUT2D eigenvalue weighted by atomic mass is 16.5. The van der Waals surface area contributed by atoms with Crippen molar-refractivity contribution in [2.45, 2.75) is 148 Å². The molecular weight excluding hydrogens is 721 g/mol. The van der Waals surface area contributed by atoms with Crippen molar-refractivity contribution in [3.05, 3.63) is 79.4 Å². The summed E-state index contributed by atoms with van der Waals surface area (Å²) in [5, 5.41) is 0. The largest absolute Gasteiger partial charge is 0.494 e. The van der Waals surface area contributed by atoms with Crippen molar-refractivity contribution < 1.29 is 42.9 Å². The van der Waals surface area contributed by atoms with Crippen molar-refractivity contribution in [1.29, 1.82) is 0 Å². The highest BCUT2D eigenvalue weighted by Gasteiger charge is 2.32. The molecule has 0 amide bonds. The summed E-state index contributed by atoms with van der Waals surface area (Å²) in [6.07, 6.45) is 26.5. The normalized spacial score (nSPS) is 14.9. The summed E-state index contributed by atoms with van der Waals surface area (Å²) in [7, 11) is 0. The third kappa shape index (κ3) is 21.6. The Bertz CT molecular complexity index is 1440. The Kier molecular flexibility index (Phi) is 24.5. The molecule has 1 saturated carbocycles. The lowest BCUT2D eigenvalue weighted by Crippen LogP contribution is -2.30. The molecular formula is C48H68O9. The molecule has 0 aromatic heterocycles. The van der Waals surface area contributed by atoms with Crippen LogP contribution in [0, 0.1) is 11.8 Å². The van der Waals surface area contributed by atoms with E-state index < -0.39 is 0 Å². The van der Waals surface area contributed by atoms with Gasteiger partial charge in [0.1, 0.15) is 17.2 Å². The second-order valence-electron chi connectivity index (χ2n) is 15.2. The summed E-state index contributed by atoms with van der Waals surface area (Å²) in [4.78, 5) is 47.8. The van der Waals surface area contributed by atoms with Gasteiger partial charge in [-0.2, -0.15) is 0 Å². The molecule has 0 radical (unpaired) electrons. The van der Waals surface area contributed by atoms with Gasteiger partial charge in [0.15, 0.2) is 0 Å². The van der Waals surface area contributed by atoms with E-state index in [0.29, 0.717) is 57.0 Å². The van der Waals surface area contributed by atoms with Crippen LogP contribution in [0.15, 0.2) is 73.8 Å². The smallest absolute Gasteiger partial charge is 0.330 e. The molecule has 314 valence electrons. The Labute approximate surface area is 341 Å². The molecule has 0 saturated heterocycles. The lowest BCUT2D eigenvalue weighted by atomic mass is 9.82. The third-order valence-corrected chi connectivity index (χ3v) is 10.6. The number of ether oxygens (including phenoxy) is 5. The maximum atomic E-state index is 12.9. The van der Waals surface area contributed by atoms with E-state index in [4.69, 9.17) is 23.7 Å². The lowest BCUT2D eigenvalue weighted by molar-refractivity contribution is -0.145. The van der Waals surface area contributed by atoms with Crippen LogP contribution in [0.3, 0.4) is 0 Å². The first kappa shape index (κ1) is 47.0. The number of benzene rings is 2. The third-order valence-electron chi connectivity index (χ3n) is 10.6. The van der Waals surface area contributed by atoms with E-state index in [2.05, 4.69) is 13.2 Å². The van der Waals surface area contributed by atoms with E-state index in [1.165, 1.54) is 88.3 Å². The van der Waals surface area contributed by atoms with E-state index in [0.717, 1.165) is 57.1 Å². The number of aryl methyl sites for hydroxylation is 1. The minimum Gasteiger partial charge on any atom is -0.494 e. The van der Waals surface area contributed by atoms with Gasteiger partial charge in [-0.05, 0) is 99.7 Å². The monoisotopic (exact) mass is 788 g/mol.